The highest BCUT2D eigenvalue weighted by atomic mass is 35.5. The maximum absolute atomic E-state index is 12.3. The van der Waals surface area contributed by atoms with Gasteiger partial charge < -0.3 is 11.1 Å². The number of halogens is 1. The first-order valence-electron chi connectivity index (χ1n) is 7.06. The molecule has 0 amide bonds. The molecular formula is C17H19ClN2O. The van der Waals surface area contributed by atoms with Crippen LogP contribution in [0.25, 0.3) is 0 Å². The average Bonchev–Trinajstić information content (AvgIpc) is 2.48. The fraction of sp³-hybridized carbons (Fsp3) is 0.235. The maximum Gasteiger partial charge on any atom is 0.164 e. The number of hydrogen-bond donors (Lipinski definition) is 2. The smallest absolute Gasteiger partial charge is 0.164 e. The van der Waals surface area contributed by atoms with Crippen LogP contribution in [0.1, 0.15) is 36.5 Å². The summed E-state index contributed by atoms with van der Waals surface area (Å²) in [6.45, 7) is 2.08. The molecule has 0 saturated carbocycles. The number of carbonyl (C=O) groups excluding carboxylic acids is 1. The lowest BCUT2D eigenvalue weighted by atomic mass is 10.0. The van der Waals surface area contributed by atoms with E-state index in [9.17, 15) is 4.79 Å². The van der Waals surface area contributed by atoms with Gasteiger partial charge in [0.05, 0.1) is 11.4 Å². The molecular weight excluding hydrogens is 284 g/mol. The molecule has 110 valence electrons. The zero-order valence-electron chi connectivity index (χ0n) is 12.0. The molecule has 0 atom stereocenters. The molecule has 4 heteroatoms. The number of anilines is 3. The first-order chi connectivity index (χ1) is 10.1. The highest BCUT2D eigenvalue weighted by Crippen LogP contribution is 2.28. The summed E-state index contributed by atoms with van der Waals surface area (Å²) in [5, 5.41) is 3.81. The van der Waals surface area contributed by atoms with Crippen molar-refractivity contribution < 1.29 is 4.79 Å². The molecule has 3 N–H and O–H groups in total. The van der Waals surface area contributed by atoms with Gasteiger partial charge in [-0.2, -0.15) is 0 Å². The molecule has 0 unspecified atom stereocenters. The van der Waals surface area contributed by atoms with Gasteiger partial charge in [0.15, 0.2) is 5.78 Å². The number of carbonyl (C=O) groups is 1. The normalized spacial score (nSPS) is 10.4. The summed E-state index contributed by atoms with van der Waals surface area (Å²) in [4.78, 5) is 12.3. The molecule has 0 heterocycles. The van der Waals surface area contributed by atoms with Crippen molar-refractivity contribution >= 4 is 34.4 Å². The molecule has 0 fully saturated rings. The summed E-state index contributed by atoms with van der Waals surface area (Å²) in [7, 11) is 0. The van der Waals surface area contributed by atoms with E-state index in [2.05, 4.69) is 12.2 Å². The Hall–Kier alpha value is -2.00. The molecule has 0 bridgehead atoms. The monoisotopic (exact) mass is 302 g/mol. The van der Waals surface area contributed by atoms with E-state index in [1.807, 2.05) is 30.3 Å². The molecule has 3 nitrogen and oxygen atoms in total. The van der Waals surface area contributed by atoms with Crippen molar-refractivity contribution in [3.8, 4) is 0 Å². The van der Waals surface area contributed by atoms with Crippen molar-refractivity contribution in [1.82, 2.24) is 0 Å². The number of nitrogens with two attached hydrogens (primary N) is 1. The van der Waals surface area contributed by atoms with Crippen LogP contribution in [0.4, 0.5) is 17.1 Å². The number of rotatable bonds is 6. The Morgan fingerprint density at radius 3 is 2.67 bits per heavy atom. The van der Waals surface area contributed by atoms with Crippen LogP contribution in [0.5, 0.6) is 0 Å². The molecule has 0 aliphatic carbocycles. The highest BCUT2D eigenvalue weighted by molar-refractivity contribution is 6.31. The minimum Gasteiger partial charge on any atom is -0.397 e. The summed E-state index contributed by atoms with van der Waals surface area (Å²) in [5.74, 6) is 0.146. The van der Waals surface area contributed by atoms with Crippen LogP contribution in [0.3, 0.4) is 0 Å². The highest BCUT2D eigenvalue weighted by Gasteiger charge is 2.11. The third kappa shape index (κ3) is 3.99. The minimum atomic E-state index is 0.146. The SMILES string of the molecule is CCCCC(=O)c1ccccc1Nc1ccc(Cl)cc1N. The number of ketones is 1. The maximum atomic E-state index is 12.3. The van der Waals surface area contributed by atoms with E-state index in [0.29, 0.717) is 22.7 Å². The minimum absolute atomic E-state index is 0.146. The average molecular weight is 303 g/mol. The van der Waals surface area contributed by atoms with Gasteiger partial charge in [0.2, 0.25) is 0 Å². The number of unbranched alkanes of at least 4 members (excludes halogenated alkanes) is 1. The molecule has 2 rings (SSSR count). The number of nitrogens with one attached hydrogen (secondary N) is 1. The van der Waals surface area contributed by atoms with Crippen molar-refractivity contribution in [3.63, 3.8) is 0 Å². The van der Waals surface area contributed by atoms with Crippen molar-refractivity contribution in [2.45, 2.75) is 26.2 Å². The zero-order valence-corrected chi connectivity index (χ0v) is 12.8. The van der Waals surface area contributed by atoms with Crippen molar-refractivity contribution in [2.24, 2.45) is 0 Å². The molecule has 21 heavy (non-hydrogen) atoms. The van der Waals surface area contributed by atoms with Crippen molar-refractivity contribution in [3.05, 3.63) is 53.1 Å². The van der Waals surface area contributed by atoms with Crippen LogP contribution in [0.15, 0.2) is 42.5 Å². The number of benzene rings is 2. The van der Waals surface area contributed by atoms with Gasteiger partial charge in [-0.3, -0.25) is 4.79 Å². The van der Waals surface area contributed by atoms with E-state index in [-0.39, 0.29) is 5.78 Å². The summed E-state index contributed by atoms with van der Waals surface area (Å²) in [6, 6.07) is 12.7. The zero-order chi connectivity index (χ0) is 15.2. The predicted molar refractivity (Wildman–Crippen MR) is 89.4 cm³/mol. The quantitative estimate of drug-likeness (QED) is 0.580. The number of para-hydroxylation sites is 1. The number of Topliss-reactive ketones (excluding diaryl/α,β-unsaturated/α-hetero) is 1. The second-order valence-electron chi connectivity index (χ2n) is 4.93. The molecule has 0 aliphatic heterocycles. The van der Waals surface area contributed by atoms with E-state index < -0.39 is 0 Å². The molecule has 0 aromatic heterocycles. The Kier molecular flexibility index (Phi) is 5.23. The Labute approximate surface area is 130 Å². The van der Waals surface area contributed by atoms with Crippen LogP contribution < -0.4 is 11.1 Å². The van der Waals surface area contributed by atoms with E-state index in [1.165, 1.54) is 0 Å². The third-order valence-electron chi connectivity index (χ3n) is 3.27. The molecule has 0 radical (unpaired) electrons. The molecule has 0 aliphatic rings. The Morgan fingerprint density at radius 1 is 1.19 bits per heavy atom. The van der Waals surface area contributed by atoms with Crippen LogP contribution in [-0.2, 0) is 0 Å². The van der Waals surface area contributed by atoms with E-state index in [1.54, 1.807) is 12.1 Å². The number of hydrogen-bond acceptors (Lipinski definition) is 3. The van der Waals surface area contributed by atoms with E-state index >= 15 is 0 Å². The van der Waals surface area contributed by atoms with Crippen LogP contribution in [0.2, 0.25) is 5.02 Å². The van der Waals surface area contributed by atoms with Gasteiger partial charge in [-0.25, -0.2) is 0 Å². The van der Waals surface area contributed by atoms with Crippen LogP contribution in [-0.4, -0.2) is 5.78 Å². The fourth-order valence-corrected chi connectivity index (χ4v) is 2.28. The summed E-state index contributed by atoms with van der Waals surface area (Å²) < 4.78 is 0. The van der Waals surface area contributed by atoms with Gasteiger partial charge in [0.1, 0.15) is 0 Å². The molecule has 0 saturated heterocycles. The standard InChI is InChI=1S/C17H19ClN2O/c1-2-3-8-17(21)13-6-4-5-7-15(13)20-16-10-9-12(18)11-14(16)19/h4-7,9-11,20H,2-3,8,19H2,1H3. The Bertz CT molecular complexity index is 640. The molecule has 2 aromatic carbocycles. The topological polar surface area (TPSA) is 55.1 Å². The molecule has 2 aromatic rings. The van der Waals surface area contributed by atoms with E-state index in [0.717, 1.165) is 24.2 Å². The lowest BCUT2D eigenvalue weighted by molar-refractivity contribution is 0.0980. The first kappa shape index (κ1) is 15.4. The third-order valence-corrected chi connectivity index (χ3v) is 3.50. The fourth-order valence-electron chi connectivity index (χ4n) is 2.10. The van der Waals surface area contributed by atoms with Crippen LogP contribution >= 0.6 is 11.6 Å². The Morgan fingerprint density at radius 2 is 1.95 bits per heavy atom. The predicted octanol–water partition coefficient (Wildman–Crippen LogP) is 5.04. The largest absolute Gasteiger partial charge is 0.397 e. The summed E-state index contributed by atoms with van der Waals surface area (Å²) in [5.41, 5.74) is 8.71. The van der Waals surface area contributed by atoms with Gasteiger partial charge in [-0.15, -0.1) is 0 Å². The van der Waals surface area contributed by atoms with Gasteiger partial charge in [0, 0.05) is 22.7 Å². The first-order valence-corrected chi connectivity index (χ1v) is 7.44. The second kappa shape index (κ2) is 7.14. The van der Waals surface area contributed by atoms with Crippen LogP contribution in [0, 0.1) is 0 Å². The van der Waals surface area contributed by atoms with Gasteiger partial charge in [-0.1, -0.05) is 37.1 Å². The van der Waals surface area contributed by atoms with Crippen molar-refractivity contribution in [2.75, 3.05) is 11.1 Å². The summed E-state index contributed by atoms with van der Waals surface area (Å²) in [6.07, 6.45) is 2.47. The lowest BCUT2D eigenvalue weighted by Crippen LogP contribution is -2.05. The molecule has 0 spiro atoms. The van der Waals surface area contributed by atoms with E-state index in [4.69, 9.17) is 17.3 Å². The number of nitrogen functional groups attached to an aromatic ring is 1. The Balaban J connectivity index is 2.26. The second-order valence-corrected chi connectivity index (χ2v) is 5.37. The van der Waals surface area contributed by atoms with Gasteiger partial charge in [-0.05, 0) is 36.8 Å². The lowest BCUT2D eigenvalue weighted by Gasteiger charge is -2.13. The van der Waals surface area contributed by atoms with Crippen molar-refractivity contribution in [1.29, 1.82) is 0 Å². The van der Waals surface area contributed by atoms with Gasteiger partial charge >= 0.3 is 0 Å². The summed E-state index contributed by atoms with van der Waals surface area (Å²) >= 11 is 5.90. The van der Waals surface area contributed by atoms with Gasteiger partial charge in [0.25, 0.3) is 0 Å².